The maximum absolute atomic E-state index is 14.3. The van der Waals surface area contributed by atoms with Gasteiger partial charge in [0.2, 0.25) is 5.91 Å². The van der Waals surface area contributed by atoms with Crippen LogP contribution in [0.25, 0.3) is 0 Å². The molecule has 2 heterocycles. The number of thioether (sulfide) groups is 1. The van der Waals surface area contributed by atoms with E-state index in [0.717, 1.165) is 15.6 Å². The summed E-state index contributed by atoms with van der Waals surface area (Å²) in [5.74, 6) is -2.32. The number of aliphatic hydroxyl groups is 1. The van der Waals surface area contributed by atoms with Crippen molar-refractivity contribution in [2.45, 2.75) is 47.5 Å². The Balaban J connectivity index is 1.61. The van der Waals surface area contributed by atoms with Gasteiger partial charge < -0.3 is 19.8 Å². The molecule has 268 valence electrons. The van der Waals surface area contributed by atoms with Gasteiger partial charge in [0.05, 0.1) is 22.7 Å². The van der Waals surface area contributed by atoms with Crippen LogP contribution in [0, 0.1) is 0 Å². The lowest BCUT2D eigenvalue weighted by Gasteiger charge is -2.54. The van der Waals surface area contributed by atoms with Crippen LogP contribution in [0.2, 0.25) is 10.0 Å². The van der Waals surface area contributed by atoms with Crippen LogP contribution in [0.4, 0.5) is 18.9 Å². The van der Waals surface area contributed by atoms with E-state index < -0.39 is 55.1 Å². The molecule has 2 atom stereocenters. The lowest BCUT2D eigenvalue weighted by atomic mass is 9.77. The summed E-state index contributed by atoms with van der Waals surface area (Å²) in [6, 6.07) is 20.3. The molecule has 2 aliphatic heterocycles. The van der Waals surface area contributed by atoms with Crippen LogP contribution in [0.15, 0.2) is 72.8 Å². The van der Waals surface area contributed by atoms with Gasteiger partial charge in [-0.25, -0.2) is 0 Å². The zero-order chi connectivity index (χ0) is 36.4. The molecule has 1 unspecified atom stereocenters. The lowest BCUT2D eigenvalue weighted by molar-refractivity contribution is -0.165. The number of benzene rings is 3. The van der Waals surface area contributed by atoms with Gasteiger partial charge in [-0.3, -0.25) is 19.3 Å². The summed E-state index contributed by atoms with van der Waals surface area (Å²) in [7, 11) is 4.01. The summed E-state index contributed by atoms with van der Waals surface area (Å²) in [6.45, 7) is -0.168. The number of rotatable bonds is 9. The highest BCUT2D eigenvalue weighted by molar-refractivity contribution is 7.99. The van der Waals surface area contributed by atoms with E-state index in [1.165, 1.54) is 49.3 Å². The zero-order valence-corrected chi connectivity index (χ0v) is 30.2. The molecule has 0 radical (unpaired) electrons. The molecule has 0 bridgehead atoms. The highest BCUT2D eigenvalue weighted by Crippen LogP contribution is 2.54. The quantitative estimate of drug-likeness (QED) is 0.258. The van der Waals surface area contributed by atoms with Crippen molar-refractivity contribution in [3.8, 4) is 0 Å². The van der Waals surface area contributed by atoms with Gasteiger partial charge in [-0.15, -0.1) is 11.8 Å². The number of hydrogen-bond acceptors (Lipinski definition) is 6. The molecule has 8 nitrogen and oxygen atoms in total. The molecular formula is C36H39Cl2F3N4O4S. The molecule has 0 aromatic heterocycles. The van der Waals surface area contributed by atoms with E-state index in [0.29, 0.717) is 31.6 Å². The Labute approximate surface area is 304 Å². The fraction of sp³-hybridized carbons (Fsp3) is 0.417. The minimum atomic E-state index is -4.79. The van der Waals surface area contributed by atoms with Crippen LogP contribution in [0.3, 0.4) is 0 Å². The Morgan fingerprint density at radius 1 is 0.920 bits per heavy atom. The number of hydrogen-bond donors (Lipinski definition) is 1. The van der Waals surface area contributed by atoms with Crippen LogP contribution in [-0.2, 0) is 30.4 Å². The number of halogens is 5. The summed E-state index contributed by atoms with van der Waals surface area (Å²) in [6.07, 6.45) is -5.14. The van der Waals surface area contributed by atoms with Crippen molar-refractivity contribution in [1.29, 1.82) is 0 Å². The fourth-order valence-corrected chi connectivity index (χ4v) is 9.04. The molecule has 3 aromatic rings. The minimum Gasteiger partial charge on any atom is -0.395 e. The van der Waals surface area contributed by atoms with Gasteiger partial charge in [0.1, 0.15) is 12.0 Å². The van der Waals surface area contributed by atoms with Gasteiger partial charge in [0.25, 0.3) is 0 Å². The first-order valence-electron chi connectivity index (χ1n) is 16.1. The molecule has 2 aliphatic rings. The van der Waals surface area contributed by atoms with Gasteiger partial charge in [0.15, 0.2) is 0 Å². The van der Waals surface area contributed by atoms with Gasteiger partial charge in [-0.1, -0.05) is 71.7 Å². The smallest absolute Gasteiger partial charge is 0.395 e. The second kappa shape index (κ2) is 15.1. The maximum atomic E-state index is 14.3. The van der Waals surface area contributed by atoms with E-state index in [1.807, 2.05) is 28.8 Å². The minimum absolute atomic E-state index is 0.0830. The molecule has 1 N–H and O–H groups in total. The lowest BCUT2D eigenvalue weighted by Crippen LogP contribution is -2.68. The molecule has 0 aliphatic carbocycles. The second-order valence-corrected chi connectivity index (χ2v) is 15.0. The summed E-state index contributed by atoms with van der Waals surface area (Å²) in [5, 5.41) is 11.5. The summed E-state index contributed by atoms with van der Waals surface area (Å²) in [5.41, 5.74) is 1.47. The summed E-state index contributed by atoms with van der Waals surface area (Å²) >= 11 is 14.7. The van der Waals surface area contributed by atoms with Crippen LogP contribution < -0.4 is 4.90 Å². The normalized spacial score (nSPS) is 17.5. The number of carbonyl (C=O) groups excluding carboxylic acids is 3. The van der Waals surface area contributed by atoms with Crippen molar-refractivity contribution < 1.29 is 32.7 Å². The predicted octanol–water partition coefficient (Wildman–Crippen LogP) is 6.32. The maximum Gasteiger partial charge on any atom is 0.397 e. The molecule has 50 heavy (non-hydrogen) atoms. The molecule has 14 heteroatoms. The zero-order valence-electron chi connectivity index (χ0n) is 27.9. The topological polar surface area (TPSA) is 84.4 Å². The van der Waals surface area contributed by atoms with Crippen molar-refractivity contribution in [3.05, 3.63) is 99.5 Å². The Hall–Kier alpha value is -3.29. The number of anilines is 1. The van der Waals surface area contributed by atoms with Gasteiger partial charge in [-0.05, 0) is 53.8 Å². The third kappa shape index (κ3) is 7.50. The number of nitrogens with zero attached hydrogens (tertiary/aromatic N) is 4. The first kappa shape index (κ1) is 38.0. The number of alkyl halides is 3. The van der Waals surface area contributed by atoms with E-state index in [4.69, 9.17) is 23.2 Å². The third-order valence-electron chi connectivity index (χ3n) is 9.99. The van der Waals surface area contributed by atoms with Crippen LogP contribution >= 0.6 is 35.0 Å². The second-order valence-electron chi connectivity index (χ2n) is 12.8. The van der Waals surface area contributed by atoms with Crippen molar-refractivity contribution in [1.82, 2.24) is 14.7 Å². The third-order valence-corrected chi connectivity index (χ3v) is 12.4. The first-order valence-corrected chi connectivity index (χ1v) is 17.8. The number of carbonyl (C=O) groups is 3. The Kier molecular flexibility index (Phi) is 11.5. The molecular weight excluding hydrogens is 712 g/mol. The molecule has 1 saturated heterocycles. The molecule has 0 saturated carbocycles. The highest BCUT2D eigenvalue weighted by atomic mass is 35.5. The van der Waals surface area contributed by atoms with Crippen LogP contribution in [0.1, 0.15) is 36.0 Å². The molecule has 3 aromatic carbocycles. The first-order chi connectivity index (χ1) is 23.6. The van der Waals surface area contributed by atoms with Gasteiger partial charge in [-0.2, -0.15) is 13.2 Å². The Bertz CT molecular complexity index is 1720. The number of likely N-dealkylation sites (N-methyl/N-ethyl adjacent to an activating group) is 3. The van der Waals surface area contributed by atoms with E-state index in [9.17, 15) is 32.7 Å². The number of aliphatic hydroxyl groups excluding tert-OH is 1. The average Bonchev–Trinajstić information content (AvgIpc) is 3.45. The largest absolute Gasteiger partial charge is 0.397 e. The summed E-state index contributed by atoms with van der Waals surface area (Å²) < 4.78 is 40.3. The van der Waals surface area contributed by atoms with Crippen molar-refractivity contribution >= 4 is 58.4 Å². The standard InChI is InChI=1S/C36H39Cl2F3N4O4S/c1-42(31(47)20-36(39,40)41)23-35(25-13-14-28(37)29(38)19-25,44(3)33(49)32(48)43(2)26-10-5-4-6-11-26)30(21-46)45-17-15-34(16-18-45)27-12-8-7-9-24(27)22-50-34/h4-14,19,30,46H,15-18,20-23H2,1-3H3/t30-,35?/m1/s1. The number of piperidine rings is 1. The average molecular weight is 752 g/mol. The van der Waals surface area contributed by atoms with Gasteiger partial charge >= 0.3 is 18.0 Å². The number of fused-ring (bicyclic) bond motifs is 2. The molecule has 1 spiro atoms. The number of likely N-dealkylation sites (tertiary alicyclic amines) is 1. The van der Waals surface area contributed by atoms with Crippen molar-refractivity contribution in [3.63, 3.8) is 0 Å². The number of amides is 3. The van der Waals surface area contributed by atoms with E-state index >= 15 is 0 Å². The van der Waals surface area contributed by atoms with Crippen LogP contribution in [0.5, 0.6) is 0 Å². The van der Waals surface area contributed by atoms with E-state index in [1.54, 1.807) is 36.4 Å². The fourth-order valence-electron chi connectivity index (χ4n) is 7.23. The highest BCUT2D eigenvalue weighted by Gasteiger charge is 2.53. The Morgan fingerprint density at radius 2 is 1.56 bits per heavy atom. The summed E-state index contributed by atoms with van der Waals surface area (Å²) in [4.78, 5) is 46.5. The molecule has 1 fully saturated rings. The monoisotopic (exact) mass is 750 g/mol. The van der Waals surface area contributed by atoms with E-state index in [2.05, 4.69) is 12.1 Å². The number of para-hydroxylation sites is 1. The van der Waals surface area contributed by atoms with Crippen molar-refractivity contribution in [2.24, 2.45) is 0 Å². The SMILES string of the molecule is CN(CC(c1ccc(Cl)c(Cl)c1)([C@@H](CO)N1CCC2(CC1)SCc1ccccc12)N(C)C(=O)C(=O)N(C)c1ccccc1)C(=O)CC(F)(F)F. The van der Waals surface area contributed by atoms with Crippen molar-refractivity contribution in [2.75, 3.05) is 52.3 Å². The predicted molar refractivity (Wildman–Crippen MR) is 190 cm³/mol. The van der Waals surface area contributed by atoms with E-state index in [-0.39, 0.29) is 20.4 Å². The van der Waals surface area contributed by atoms with Gasteiger partial charge in [0, 0.05) is 57.0 Å². The van der Waals surface area contributed by atoms with Crippen LogP contribution in [-0.4, -0.2) is 97.1 Å². The molecule has 3 amide bonds. The molecule has 5 rings (SSSR count). The Morgan fingerprint density at radius 3 is 2.18 bits per heavy atom.